The molecule has 0 amide bonds. The highest BCUT2D eigenvalue weighted by Gasteiger charge is 2.18. The third-order valence-corrected chi connectivity index (χ3v) is 8.40. The second kappa shape index (κ2) is 11.3. The lowest BCUT2D eigenvalue weighted by Crippen LogP contribution is -2.29. The zero-order chi connectivity index (χ0) is 28.2. The number of nitrogens with one attached hydrogen (secondary N) is 1. The highest BCUT2D eigenvalue weighted by atomic mass is 32.2. The number of benzene rings is 5. The molecule has 1 aromatic heterocycles. The summed E-state index contributed by atoms with van der Waals surface area (Å²) in [5.74, 6) is 0.467. The predicted octanol–water partition coefficient (Wildman–Crippen LogP) is 6.58. The van der Waals surface area contributed by atoms with Crippen molar-refractivity contribution in [3.8, 4) is 22.5 Å². The molecule has 6 nitrogen and oxygen atoms in total. The summed E-state index contributed by atoms with van der Waals surface area (Å²) in [5, 5.41) is 0. The van der Waals surface area contributed by atoms with Crippen LogP contribution in [0.2, 0.25) is 0 Å². The van der Waals surface area contributed by atoms with E-state index in [4.69, 9.17) is 4.98 Å². The molecule has 1 heterocycles. The van der Waals surface area contributed by atoms with Crippen LogP contribution in [-0.2, 0) is 16.6 Å². The highest BCUT2D eigenvalue weighted by molar-refractivity contribution is 7.89. The van der Waals surface area contributed by atoms with Gasteiger partial charge in [0.25, 0.3) is 0 Å². The maximum atomic E-state index is 13.1. The summed E-state index contributed by atoms with van der Waals surface area (Å²) in [5.41, 5.74) is 6.32. The molecule has 0 atom stereocenters. The Labute approximate surface area is 239 Å². The largest absolute Gasteiger partial charge is 0.319 e. The van der Waals surface area contributed by atoms with E-state index in [1.54, 1.807) is 30.3 Å². The van der Waals surface area contributed by atoms with E-state index in [2.05, 4.69) is 45.7 Å². The van der Waals surface area contributed by atoms with Crippen LogP contribution in [0.5, 0.6) is 0 Å². The fraction of sp³-hybridized carbons (Fsp3) is 0.0588. The number of carbonyl (C=O) groups excluding carboxylic acids is 1. The lowest BCUT2D eigenvalue weighted by molar-refractivity contribution is 0.0997. The molecule has 6 rings (SSSR count). The van der Waals surface area contributed by atoms with Gasteiger partial charge in [0.2, 0.25) is 10.0 Å². The first-order valence-corrected chi connectivity index (χ1v) is 14.7. The van der Waals surface area contributed by atoms with Gasteiger partial charge in [-0.2, -0.15) is 0 Å². The van der Waals surface area contributed by atoms with Crippen LogP contribution in [-0.4, -0.2) is 30.3 Å². The van der Waals surface area contributed by atoms with Crippen molar-refractivity contribution in [2.75, 3.05) is 6.54 Å². The Hall–Kier alpha value is -4.85. The highest BCUT2D eigenvalue weighted by Crippen LogP contribution is 2.28. The molecule has 0 radical (unpaired) electrons. The molecule has 202 valence electrons. The van der Waals surface area contributed by atoms with Crippen LogP contribution in [0.15, 0.2) is 138 Å². The van der Waals surface area contributed by atoms with Crippen molar-refractivity contribution in [3.63, 3.8) is 0 Å². The quantitative estimate of drug-likeness (QED) is 0.204. The number of carbonyl (C=O) groups is 1. The van der Waals surface area contributed by atoms with Gasteiger partial charge in [0.15, 0.2) is 5.78 Å². The number of Topliss-reactive ketones (excluding diaryl/α,β-unsaturated/α-hetero) is 1. The zero-order valence-corrected chi connectivity index (χ0v) is 23.0. The number of hydrogen-bond acceptors (Lipinski definition) is 4. The third kappa shape index (κ3) is 5.72. The Morgan fingerprint density at radius 1 is 0.683 bits per heavy atom. The molecular formula is C34H27N3O3S. The Morgan fingerprint density at radius 3 is 1.93 bits per heavy atom. The molecule has 1 N–H and O–H groups in total. The first-order chi connectivity index (χ1) is 20.0. The number of imidazole rings is 1. The van der Waals surface area contributed by atoms with Crippen LogP contribution in [0.25, 0.3) is 33.5 Å². The molecule has 7 heteroatoms. The SMILES string of the molecule is O=C(CNS(=O)(=O)c1ccccc1)c1ccc2nc(-c3ccccc3)n(Cc3ccc(-c4ccccc4)cc3)c2c1. The van der Waals surface area contributed by atoms with Gasteiger partial charge in [-0.3, -0.25) is 4.79 Å². The molecular weight excluding hydrogens is 530 g/mol. The van der Waals surface area contributed by atoms with Crippen LogP contribution in [0.1, 0.15) is 15.9 Å². The first kappa shape index (κ1) is 26.4. The summed E-state index contributed by atoms with van der Waals surface area (Å²) in [6, 6.07) is 41.9. The topological polar surface area (TPSA) is 81.1 Å². The Bertz CT molecular complexity index is 1920. The molecule has 0 aliphatic rings. The van der Waals surface area contributed by atoms with Crippen LogP contribution in [0, 0.1) is 0 Å². The number of nitrogens with zero attached hydrogens (tertiary/aromatic N) is 2. The summed E-state index contributed by atoms with van der Waals surface area (Å²) >= 11 is 0. The smallest absolute Gasteiger partial charge is 0.240 e. The third-order valence-electron chi connectivity index (χ3n) is 6.98. The minimum absolute atomic E-state index is 0.118. The average molecular weight is 558 g/mol. The van der Waals surface area contributed by atoms with Crippen molar-refractivity contribution in [2.45, 2.75) is 11.4 Å². The lowest BCUT2D eigenvalue weighted by Gasteiger charge is -2.11. The zero-order valence-electron chi connectivity index (χ0n) is 22.1. The fourth-order valence-corrected chi connectivity index (χ4v) is 5.83. The number of fused-ring (bicyclic) bond motifs is 1. The van der Waals surface area contributed by atoms with E-state index in [9.17, 15) is 13.2 Å². The van der Waals surface area contributed by atoms with Crippen molar-refractivity contribution in [1.29, 1.82) is 0 Å². The standard InChI is InChI=1S/C34H27N3O3S/c38-33(23-35-41(39,40)30-14-8-3-9-15-30)29-20-21-31-32(22-29)37(34(36-31)28-12-6-2-7-13-28)24-25-16-18-27(19-17-25)26-10-4-1-5-11-26/h1-22,35H,23-24H2. The second-order valence-electron chi connectivity index (χ2n) is 9.71. The summed E-state index contributed by atoms with van der Waals surface area (Å²) in [4.78, 5) is 18.2. The van der Waals surface area contributed by atoms with E-state index in [1.165, 1.54) is 12.1 Å². The minimum atomic E-state index is -3.80. The predicted molar refractivity (Wildman–Crippen MR) is 162 cm³/mol. The van der Waals surface area contributed by atoms with Crippen molar-refractivity contribution in [1.82, 2.24) is 14.3 Å². The van der Waals surface area contributed by atoms with Gasteiger partial charge in [-0.05, 0) is 47.0 Å². The Kier molecular flexibility index (Phi) is 7.29. The van der Waals surface area contributed by atoms with Crippen LogP contribution >= 0.6 is 0 Å². The number of sulfonamides is 1. The summed E-state index contributed by atoms with van der Waals surface area (Å²) in [6.45, 7) is 0.206. The van der Waals surface area contributed by atoms with Gasteiger partial charge >= 0.3 is 0 Å². The van der Waals surface area contributed by atoms with Crippen molar-refractivity contribution in [3.05, 3.63) is 145 Å². The van der Waals surface area contributed by atoms with Crippen LogP contribution in [0.4, 0.5) is 0 Å². The van der Waals surface area contributed by atoms with Gasteiger partial charge < -0.3 is 4.57 Å². The van der Waals surface area contributed by atoms with Gasteiger partial charge in [-0.1, -0.05) is 103 Å². The summed E-state index contributed by atoms with van der Waals surface area (Å²) < 4.78 is 29.8. The maximum absolute atomic E-state index is 13.1. The van der Waals surface area contributed by atoms with Crippen molar-refractivity contribution < 1.29 is 13.2 Å². The van der Waals surface area contributed by atoms with E-state index < -0.39 is 10.0 Å². The van der Waals surface area contributed by atoms with E-state index in [1.807, 2.05) is 54.6 Å². The molecule has 0 spiro atoms. The second-order valence-corrected chi connectivity index (χ2v) is 11.5. The molecule has 41 heavy (non-hydrogen) atoms. The molecule has 0 fully saturated rings. The van der Waals surface area contributed by atoms with E-state index >= 15 is 0 Å². The number of ketones is 1. The van der Waals surface area contributed by atoms with Gasteiger partial charge in [-0.25, -0.2) is 18.1 Å². The van der Waals surface area contributed by atoms with Gasteiger partial charge in [-0.15, -0.1) is 0 Å². The molecule has 5 aromatic carbocycles. The summed E-state index contributed by atoms with van der Waals surface area (Å²) in [6.07, 6.45) is 0. The van der Waals surface area contributed by atoms with Crippen LogP contribution in [0.3, 0.4) is 0 Å². The van der Waals surface area contributed by atoms with E-state index in [0.29, 0.717) is 12.1 Å². The van der Waals surface area contributed by atoms with E-state index in [0.717, 1.165) is 39.1 Å². The summed E-state index contributed by atoms with van der Waals surface area (Å²) in [7, 11) is -3.80. The monoisotopic (exact) mass is 557 g/mol. The van der Waals surface area contributed by atoms with Crippen molar-refractivity contribution in [2.24, 2.45) is 0 Å². The van der Waals surface area contributed by atoms with Gasteiger partial charge in [0, 0.05) is 17.7 Å². The van der Waals surface area contributed by atoms with Gasteiger partial charge in [0.05, 0.1) is 22.5 Å². The number of aromatic nitrogens is 2. The van der Waals surface area contributed by atoms with Crippen LogP contribution < -0.4 is 4.72 Å². The van der Waals surface area contributed by atoms with Crippen molar-refractivity contribution >= 4 is 26.8 Å². The molecule has 6 aromatic rings. The van der Waals surface area contributed by atoms with Gasteiger partial charge in [0.1, 0.15) is 5.82 Å². The molecule has 0 aliphatic carbocycles. The minimum Gasteiger partial charge on any atom is -0.319 e. The Balaban J connectivity index is 1.32. The molecule has 0 saturated heterocycles. The fourth-order valence-electron chi connectivity index (χ4n) is 4.83. The number of hydrogen-bond donors (Lipinski definition) is 1. The van der Waals surface area contributed by atoms with E-state index in [-0.39, 0.29) is 17.2 Å². The lowest BCUT2D eigenvalue weighted by atomic mass is 10.0. The normalized spacial score (nSPS) is 11.5. The molecule has 0 saturated carbocycles. The molecule has 0 bridgehead atoms. The molecule has 0 aliphatic heterocycles. The number of rotatable bonds is 9. The first-order valence-electron chi connectivity index (χ1n) is 13.3. The Morgan fingerprint density at radius 2 is 1.27 bits per heavy atom. The average Bonchev–Trinajstić information content (AvgIpc) is 3.39. The molecule has 0 unspecified atom stereocenters. The maximum Gasteiger partial charge on any atom is 0.240 e.